The van der Waals surface area contributed by atoms with Gasteiger partial charge in [-0.15, -0.1) is 0 Å². The number of carbonyl (C=O) groups excluding carboxylic acids is 2. The van der Waals surface area contributed by atoms with Crippen molar-refractivity contribution < 1.29 is 14.3 Å². The summed E-state index contributed by atoms with van der Waals surface area (Å²) >= 11 is 0. The van der Waals surface area contributed by atoms with Crippen molar-refractivity contribution in [2.24, 2.45) is 11.3 Å². The van der Waals surface area contributed by atoms with Crippen LogP contribution in [0, 0.1) is 11.3 Å². The van der Waals surface area contributed by atoms with Crippen molar-refractivity contribution in [1.82, 2.24) is 9.80 Å². The van der Waals surface area contributed by atoms with E-state index >= 15 is 0 Å². The molecule has 2 aliphatic heterocycles. The number of hydrogen-bond donors (Lipinski definition) is 0. The first kappa shape index (κ1) is 19.7. The third-order valence-electron chi connectivity index (χ3n) is 5.43. The summed E-state index contributed by atoms with van der Waals surface area (Å²) in [6.07, 6.45) is 4.31. The molecule has 2 fully saturated rings. The molecule has 2 saturated heterocycles. The van der Waals surface area contributed by atoms with Gasteiger partial charge >= 0.3 is 0 Å². The van der Waals surface area contributed by atoms with Crippen LogP contribution in [0.1, 0.15) is 56.8 Å². The average molecular weight is 373 g/mol. The number of amides is 2. The van der Waals surface area contributed by atoms with Gasteiger partial charge in [-0.05, 0) is 49.9 Å². The molecule has 0 radical (unpaired) electrons. The van der Waals surface area contributed by atoms with Crippen molar-refractivity contribution in [3.63, 3.8) is 0 Å². The molecule has 0 saturated carbocycles. The Kier molecular flexibility index (Phi) is 6.08. The summed E-state index contributed by atoms with van der Waals surface area (Å²) in [7, 11) is 0. The Labute approximate surface area is 162 Å². The van der Waals surface area contributed by atoms with Crippen LogP contribution in [-0.4, -0.2) is 54.4 Å². The number of rotatable bonds is 4. The largest absolute Gasteiger partial charge is 0.493 e. The monoisotopic (exact) mass is 372 g/mol. The molecule has 0 aromatic heterocycles. The lowest BCUT2D eigenvalue weighted by atomic mass is 9.91. The predicted octanol–water partition coefficient (Wildman–Crippen LogP) is 3.59. The van der Waals surface area contributed by atoms with Crippen LogP contribution < -0.4 is 4.74 Å². The van der Waals surface area contributed by atoms with Crippen molar-refractivity contribution in [3.05, 3.63) is 29.8 Å². The van der Waals surface area contributed by atoms with Gasteiger partial charge in [0.1, 0.15) is 5.75 Å². The molecular formula is C22H32N2O3. The van der Waals surface area contributed by atoms with Crippen molar-refractivity contribution >= 4 is 11.8 Å². The SMILES string of the molecule is CC(C)(C)C(=O)N1CCC[C@@H](COc2ccc(C(=O)N3CCCC3)cc2)C1. The predicted molar refractivity (Wildman–Crippen MR) is 106 cm³/mol. The molecule has 2 aliphatic rings. The van der Waals surface area contributed by atoms with Crippen LogP contribution in [0.25, 0.3) is 0 Å². The number of benzene rings is 1. The van der Waals surface area contributed by atoms with Crippen LogP contribution >= 0.6 is 0 Å². The van der Waals surface area contributed by atoms with E-state index in [1.807, 2.05) is 54.8 Å². The summed E-state index contributed by atoms with van der Waals surface area (Å²) in [6, 6.07) is 7.47. The van der Waals surface area contributed by atoms with E-state index in [1.165, 1.54) is 0 Å². The lowest BCUT2D eigenvalue weighted by Crippen LogP contribution is -2.46. The van der Waals surface area contributed by atoms with Crippen LogP contribution in [0.4, 0.5) is 0 Å². The van der Waals surface area contributed by atoms with Gasteiger partial charge < -0.3 is 14.5 Å². The van der Waals surface area contributed by atoms with Gasteiger partial charge in [0, 0.05) is 43.1 Å². The van der Waals surface area contributed by atoms with E-state index in [1.54, 1.807) is 0 Å². The van der Waals surface area contributed by atoms with Gasteiger partial charge in [0.15, 0.2) is 0 Å². The molecule has 27 heavy (non-hydrogen) atoms. The summed E-state index contributed by atoms with van der Waals surface area (Å²) < 4.78 is 5.96. The first-order valence-corrected chi connectivity index (χ1v) is 10.2. The van der Waals surface area contributed by atoms with Crippen LogP contribution in [0.15, 0.2) is 24.3 Å². The lowest BCUT2D eigenvalue weighted by molar-refractivity contribution is -0.141. The Balaban J connectivity index is 1.51. The van der Waals surface area contributed by atoms with E-state index in [0.717, 1.165) is 63.2 Å². The standard InChI is InChI=1S/C22H32N2O3/c1-22(2,3)21(26)24-14-6-7-17(15-24)16-27-19-10-8-18(9-11-19)20(25)23-12-4-5-13-23/h8-11,17H,4-7,12-16H2,1-3H3/t17-/m1/s1. The molecule has 3 rings (SSSR count). The minimum atomic E-state index is -0.333. The molecule has 0 aliphatic carbocycles. The molecule has 0 N–H and O–H groups in total. The zero-order valence-electron chi connectivity index (χ0n) is 16.9. The first-order chi connectivity index (χ1) is 12.8. The number of piperidine rings is 1. The number of ether oxygens (including phenoxy) is 1. The van der Waals surface area contributed by atoms with E-state index in [2.05, 4.69) is 0 Å². The van der Waals surface area contributed by atoms with Crippen LogP contribution in [0.3, 0.4) is 0 Å². The number of nitrogens with zero attached hydrogens (tertiary/aromatic N) is 2. The normalized spacial score (nSPS) is 20.6. The third-order valence-corrected chi connectivity index (χ3v) is 5.43. The van der Waals surface area contributed by atoms with Gasteiger partial charge in [0.2, 0.25) is 5.91 Å². The second-order valence-corrected chi connectivity index (χ2v) is 8.84. The topological polar surface area (TPSA) is 49.9 Å². The first-order valence-electron chi connectivity index (χ1n) is 10.2. The summed E-state index contributed by atoms with van der Waals surface area (Å²) in [5.74, 6) is 1.47. The Morgan fingerprint density at radius 2 is 1.63 bits per heavy atom. The molecule has 2 heterocycles. The van der Waals surface area contributed by atoms with E-state index in [9.17, 15) is 9.59 Å². The Morgan fingerprint density at radius 1 is 1.00 bits per heavy atom. The Bertz CT molecular complexity index is 657. The third kappa shape index (κ3) is 5.02. The fourth-order valence-electron chi connectivity index (χ4n) is 3.87. The molecule has 0 unspecified atom stereocenters. The van der Waals surface area contributed by atoms with Gasteiger partial charge in [0.25, 0.3) is 5.91 Å². The highest BCUT2D eigenvalue weighted by Gasteiger charge is 2.31. The molecule has 5 nitrogen and oxygen atoms in total. The zero-order chi connectivity index (χ0) is 19.4. The second-order valence-electron chi connectivity index (χ2n) is 8.84. The maximum Gasteiger partial charge on any atom is 0.253 e. The maximum atomic E-state index is 12.5. The van der Waals surface area contributed by atoms with Crippen molar-refractivity contribution in [3.8, 4) is 5.75 Å². The minimum Gasteiger partial charge on any atom is -0.493 e. The number of likely N-dealkylation sites (tertiary alicyclic amines) is 2. The number of carbonyl (C=O) groups is 2. The highest BCUT2D eigenvalue weighted by atomic mass is 16.5. The van der Waals surface area contributed by atoms with E-state index < -0.39 is 0 Å². The van der Waals surface area contributed by atoms with Gasteiger partial charge in [-0.25, -0.2) is 0 Å². The van der Waals surface area contributed by atoms with Crippen molar-refractivity contribution in [2.75, 3.05) is 32.8 Å². The van der Waals surface area contributed by atoms with Crippen molar-refractivity contribution in [2.45, 2.75) is 46.5 Å². The molecule has 148 valence electrons. The molecule has 1 atom stereocenters. The summed E-state index contributed by atoms with van der Waals surface area (Å²) in [6.45, 7) is 9.86. The molecule has 0 spiro atoms. The quantitative estimate of drug-likeness (QED) is 0.812. The Morgan fingerprint density at radius 3 is 2.26 bits per heavy atom. The molecule has 2 amide bonds. The van der Waals surface area contributed by atoms with E-state index in [4.69, 9.17) is 4.74 Å². The summed E-state index contributed by atoms with van der Waals surface area (Å²) in [5.41, 5.74) is 0.393. The molecule has 1 aromatic rings. The van der Waals surface area contributed by atoms with E-state index in [-0.39, 0.29) is 17.2 Å². The fraction of sp³-hybridized carbons (Fsp3) is 0.636. The molecule has 1 aromatic carbocycles. The molecule has 5 heteroatoms. The Hall–Kier alpha value is -2.04. The van der Waals surface area contributed by atoms with Crippen LogP contribution in [0.5, 0.6) is 5.75 Å². The second kappa shape index (κ2) is 8.32. The molecule has 0 bridgehead atoms. The number of hydrogen-bond acceptors (Lipinski definition) is 3. The lowest BCUT2D eigenvalue weighted by Gasteiger charge is -2.36. The van der Waals surface area contributed by atoms with Gasteiger partial charge in [0.05, 0.1) is 6.61 Å². The zero-order valence-corrected chi connectivity index (χ0v) is 16.9. The molecular weight excluding hydrogens is 340 g/mol. The van der Waals surface area contributed by atoms with E-state index in [0.29, 0.717) is 12.5 Å². The maximum absolute atomic E-state index is 12.5. The smallest absolute Gasteiger partial charge is 0.253 e. The van der Waals surface area contributed by atoms with Gasteiger partial charge in [-0.2, -0.15) is 0 Å². The van der Waals surface area contributed by atoms with Gasteiger partial charge in [-0.3, -0.25) is 9.59 Å². The van der Waals surface area contributed by atoms with Crippen LogP contribution in [0.2, 0.25) is 0 Å². The van der Waals surface area contributed by atoms with Crippen LogP contribution in [-0.2, 0) is 4.79 Å². The summed E-state index contributed by atoms with van der Waals surface area (Å²) in [4.78, 5) is 28.8. The highest BCUT2D eigenvalue weighted by molar-refractivity contribution is 5.94. The van der Waals surface area contributed by atoms with Crippen molar-refractivity contribution in [1.29, 1.82) is 0 Å². The highest BCUT2D eigenvalue weighted by Crippen LogP contribution is 2.24. The van der Waals surface area contributed by atoms with Gasteiger partial charge in [-0.1, -0.05) is 20.8 Å². The minimum absolute atomic E-state index is 0.114. The summed E-state index contributed by atoms with van der Waals surface area (Å²) in [5, 5.41) is 0. The average Bonchev–Trinajstić information content (AvgIpc) is 3.20. The fourth-order valence-corrected chi connectivity index (χ4v) is 3.87.